The average molecular weight is 322 g/mol. The van der Waals surface area contributed by atoms with Crippen LogP contribution < -0.4 is 11.3 Å². The zero-order chi connectivity index (χ0) is 15.1. The molecule has 2 atom stereocenters. The summed E-state index contributed by atoms with van der Waals surface area (Å²) in [4.78, 5) is -0.444. The summed E-state index contributed by atoms with van der Waals surface area (Å²) in [6.45, 7) is 0. The van der Waals surface area contributed by atoms with Crippen LogP contribution in [-0.2, 0) is 20.2 Å². The highest BCUT2D eigenvalue weighted by Crippen LogP contribution is 2.39. The van der Waals surface area contributed by atoms with Crippen molar-refractivity contribution in [3.05, 3.63) is 34.4 Å². The van der Waals surface area contributed by atoms with Crippen LogP contribution in [0.25, 0.3) is 0 Å². The first kappa shape index (κ1) is 15.2. The van der Waals surface area contributed by atoms with Crippen LogP contribution in [0.15, 0.2) is 34.4 Å². The summed E-state index contributed by atoms with van der Waals surface area (Å²) in [5.74, 6) is 4.67. The van der Waals surface area contributed by atoms with Gasteiger partial charge in [0.1, 0.15) is 0 Å². The van der Waals surface area contributed by atoms with Crippen LogP contribution in [0.4, 0.5) is 0 Å². The average Bonchev–Trinajstić information content (AvgIpc) is 2.34. The van der Waals surface area contributed by atoms with E-state index in [0.717, 1.165) is 0 Å². The van der Waals surface area contributed by atoms with Gasteiger partial charge in [-0.3, -0.25) is 14.9 Å². The lowest BCUT2D eigenvalue weighted by atomic mass is 9.82. The fraction of sp³-hybridized carbons (Fsp3) is 0.400. The lowest BCUT2D eigenvalue weighted by molar-refractivity contribution is 0.432. The Labute approximate surface area is 116 Å². The second-order valence-electron chi connectivity index (χ2n) is 4.63. The number of hydrogen-bond donors (Lipinski definition) is 4. The van der Waals surface area contributed by atoms with Crippen molar-refractivity contribution in [2.75, 3.05) is 0 Å². The van der Waals surface area contributed by atoms with Crippen LogP contribution in [-0.4, -0.2) is 31.2 Å². The Balaban J connectivity index is 2.55. The van der Waals surface area contributed by atoms with Gasteiger partial charge in [-0.2, -0.15) is 16.8 Å². The first-order chi connectivity index (χ1) is 9.13. The van der Waals surface area contributed by atoms with E-state index in [4.69, 9.17) is 10.4 Å². The monoisotopic (exact) mass is 322 g/mol. The molecule has 0 saturated carbocycles. The van der Waals surface area contributed by atoms with E-state index in [9.17, 15) is 21.4 Å². The summed E-state index contributed by atoms with van der Waals surface area (Å²) in [7, 11) is -8.97. The van der Waals surface area contributed by atoms with E-state index in [1.807, 2.05) is 0 Å². The van der Waals surface area contributed by atoms with Gasteiger partial charge in [0, 0.05) is 18.0 Å². The van der Waals surface area contributed by atoms with Crippen molar-refractivity contribution in [2.45, 2.75) is 18.1 Å². The van der Waals surface area contributed by atoms with Crippen molar-refractivity contribution in [1.82, 2.24) is 5.43 Å². The molecule has 10 heteroatoms. The minimum absolute atomic E-state index is 0.283. The first-order valence-electron chi connectivity index (χ1n) is 5.65. The zero-order valence-electron chi connectivity index (χ0n) is 10.2. The number of hydrazine groups is 1. The number of hydrogen-bond acceptors (Lipinski definition) is 6. The van der Waals surface area contributed by atoms with Gasteiger partial charge in [-0.25, -0.2) is 0 Å². The van der Waals surface area contributed by atoms with E-state index in [-0.39, 0.29) is 6.42 Å². The maximum Gasteiger partial charge on any atom is 0.290 e. The highest BCUT2D eigenvalue weighted by Gasteiger charge is 2.40. The second kappa shape index (κ2) is 4.97. The smallest absolute Gasteiger partial charge is 0.290 e. The molecule has 0 amide bonds. The highest BCUT2D eigenvalue weighted by molar-refractivity contribution is 7.90. The summed E-state index contributed by atoms with van der Waals surface area (Å²) in [6.07, 6.45) is 4.17. The molecule has 5 N–H and O–H groups in total. The Hall–Kier alpha value is -1.20. The van der Waals surface area contributed by atoms with E-state index >= 15 is 0 Å². The van der Waals surface area contributed by atoms with Crippen molar-refractivity contribution < 1.29 is 25.9 Å². The second-order valence-corrected chi connectivity index (χ2v) is 7.74. The third kappa shape index (κ3) is 2.94. The predicted octanol–water partition coefficient (Wildman–Crippen LogP) is -0.288. The Kier molecular flexibility index (Phi) is 3.77. The molecule has 0 fully saturated rings. The molecule has 2 aliphatic rings. The topological polar surface area (TPSA) is 147 Å². The predicted molar refractivity (Wildman–Crippen MR) is 71.2 cm³/mol. The minimum atomic E-state index is -4.52. The molecule has 2 aliphatic carbocycles. The van der Waals surface area contributed by atoms with E-state index in [2.05, 4.69) is 5.43 Å². The van der Waals surface area contributed by atoms with Crippen molar-refractivity contribution in [3.63, 3.8) is 0 Å². The highest BCUT2D eigenvalue weighted by atomic mass is 32.2. The molecule has 0 saturated heterocycles. The van der Waals surface area contributed by atoms with Crippen molar-refractivity contribution in [3.8, 4) is 0 Å². The number of nitrogens with two attached hydrogens (primary N) is 1. The van der Waals surface area contributed by atoms with Crippen LogP contribution >= 0.6 is 0 Å². The zero-order valence-corrected chi connectivity index (χ0v) is 11.9. The molecular formula is C10H14N2O6S2. The number of nitrogens with one attached hydrogen (secondary N) is 1. The maximum absolute atomic E-state index is 11.4. The molecule has 0 radical (unpaired) electrons. The van der Waals surface area contributed by atoms with Gasteiger partial charge in [-0.05, 0) is 24.1 Å². The van der Waals surface area contributed by atoms with Gasteiger partial charge in [-0.15, -0.1) is 0 Å². The number of allylic oxidation sites excluding steroid dienone is 5. The van der Waals surface area contributed by atoms with Crippen LogP contribution in [0, 0.1) is 5.92 Å². The lowest BCUT2D eigenvalue weighted by Gasteiger charge is -2.32. The first-order valence-corrected chi connectivity index (χ1v) is 8.60. The Morgan fingerprint density at radius 3 is 2.35 bits per heavy atom. The molecule has 2 unspecified atom stereocenters. The van der Waals surface area contributed by atoms with E-state index in [1.54, 1.807) is 6.08 Å². The summed E-state index contributed by atoms with van der Waals surface area (Å²) in [5.41, 5.74) is 3.25. The largest absolute Gasteiger partial charge is 0.324 e. The number of fused-ring (bicyclic) bond motifs is 1. The molecule has 20 heavy (non-hydrogen) atoms. The number of rotatable bonds is 3. The molecule has 112 valence electrons. The van der Waals surface area contributed by atoms with Gasteiger partial charge >= 0.3 is 0 Å². The van der Waals surface area contributed by atoms with Crippen LogP contribution in [0.2, 0.25) is 0 Å². The molecule has 0 heterocycles. The summed E-state index contributed by atoms with van der Waals surface area (Å²) in [6, 6.07) is 0. The van der Waals surface area contributed by atoms with Gasteiger partial charge in [0.2, 0.25) is 0 Å². The van der Waals surface area contributed by atoms with E-state index in [1.165, 1.54) is 12.2 Å². The van der Waals surface area contributed by atoms with Crippen LogP contribution in [0.3, 0.4) is 0 Å². The molecule has 0 aliphatic heterocycles. The molecule has 0 aromatic rings. The molecule has 0 aromatic heterocycles. The summed E-state index contributed by atoms with van der Waals surface area (Å²) in [5, 5.41) is -1.31. The lowest BCUT2D eigenvalue weighted by Crippen LogP contribution is -2.36. The Morgan fingerprint density at radius 2 is 1.85 bits per heavy atom. The molecule has 0 spiro atoms. The summed E-state index contributed by atoms with van der Waals surface area (Å²) >= 11 is 0. The normalized spacial score (nSPS) is 27.1. The molecule has 8 nitrogen and oxygen atoms in total. The van der Waals surface area contributed by atoms with Gasteiger partial charge < -0.3 is 5.43 Å². The minimum Gasteiger partial charge on any atom is -0.324 e. The third-order valence-corrected chi connectivity index (χ3v) is 5.61. The fourth-order valence-corrected chi connectivity index (χ4v) is 4.28. The Morgan fingerprint density at radius 1 is 1.20 bits per heavy atom. The summed E-state index contributed by atoms with van der Waals surface area (Å²) < 4.78 is 63.6. The van der Waals surface area contributed by atoms with Crippen molar-refractivity contribution >= 4 is 20.2 Å². The third-order valence-electron chi connectivity index (χ3n) is 3.40. The van der Waals surface area contributed by atoms with Gasteiger partial charge in [-0.1, -0.05) is 6.08 Å². The molecular weight excluding hydrogens is 308 g/mol. The van der Waals surface area contributed by atoms with Gasteiger partial charge in [0.25, 0.3) is 20.2 Å². The molecule has 0 bridgehead atoms. The molecule has 2 rings (SSSR count). The maximum atomic E-state index is 11.4. The fourth-order valence-electron chi connectivity index (χ4n) is 2.43. The van der Waals surface area contributed by atoms with Crippen molar-refractivity contribution in [1.29, 1.82) is 0 Å². The quantitative estimate of drug-likeness (QED) is 0.315. The standard InChI is InChI=1S/C10H14N2O6S2/c11-12-7-1-2-9-6(3-7)4-8(19(13,14)15)5-10(9)20(16,17)18/h1,3-4,9-10,12H,2,5,11H2,(H,13,14,15)(H,16,17,18). The van der Waals surface area contributed by atoms with Gasteiger partial charge in [0.15, 0.2) is 0 Å². The van der Waals surface area contributed by atoms with E-state index < -0.39 is 42.7 Å². The molecule has 0 aromatic carbocycles. The van der Waals surface area contributed by atoms with Crippen molar-refractivity contribution in [2.24, 2.45) is 11.8 Å². The van der Waals surface area contributed by atoms with Crippen LogP contribution in [0.1, 0.15) is 12.8 Å². The van der Waals surface area contributed by atoms with Gasteiger partial charge in [0.05, 0.1) is 10.2 Å². The van der Waals surface area contributed by atoms with Crippen LogP contribution in [0.5, 0.6) is 0 Å². The van der Waals surface area contributed by atoms with E-state index in [0.29, 0.717) is 11.3 Å². The SMILES string of the molecule is NNC1=CCC2C(=C1)C=C(S(=O)(=O)O)CC2S(=O)(=O)O. The Bertz CT molecular complexity index is 717.